The minimum Gasteiger partial charge on any atom is -0.380 e. The molecule has 0 aliphatic carbocycles. The Kier molecular flexibility index (Phi) is 4.10. The number of nitrogens with one attached hydrogen (secondary N) is 1. The van der Waals surface area contributed by atoms with Crippen LogP contribution in [-0.4, -0.2) is 48.6 Å². The molecule has 2 fully saturated rings. The van der Waals surface area contributed by atoms with Crippen LogP contribution >= 0.6 is 0 Å². The molecule has 3 heterocycles. The summed E-state index contributed by atoms with van der Waals surface area (Å²) in [5, 5.41) is 3.34. The molecule has 0 aromatic carbocycles. The van der Waals surface area contributed by atoms with Crippen molar-refractivity contribution < 1.29 is 9.53 Å². The van der Waals surface area contributed by atoms with Crippen molar-refractivity contribution in [3.8, 4) is 0 Å². The molecule has 3 rings (SSSR count). The number of hydrogen-bond acceptors (Lipinski definition) is 4. The van der Waals surface area contributed by atoms with Gasteiger partial charge in [0.2, 0.25) is 0 Å². The molecule has 0 saturated carbocycles. The van der Waals surface area contributed by atoms with E-state index in [1.807, 2.05) is 17.0 Å². The maximum atomic E-state index is 12.6. The minimum absolute atomic E-state index is 0.0975. The summed E-state index contributed by atoms with van der Waals surface area (Å²) in [6.45, 7) is 6.21. The Morgan fingerprint density at radius 1 is 1.38 bits per heavy atom. The third kappa shape index (κ3) is 3.18. The van der Waals surface area contributed by atoms with Gasteiger partial charge in [0, 0.05) is 31.2 Å². The number of ether oxygens (including phenoxy) is 1. The molecule has 1 N–H and O–H groups in total. The zero-order chi connectivity index (χ0) is 14.7. The molecule has 0 unspecified atom stereocenters. The molecule has 5 nitrogen and oxygen atoms in total. The summed E-state index contributed by atoms with van der Waals surface area (Å²) >= 11 is 0. The van der Waals surface area contributed by atoms with E-state index in [0.29, 0.717) is 11.4 Å². The van der Waals surface area contributed by atoms with E-state index < -0.39 is 0 Å². The third-order valence-electron chi connectivity index (χ3n) is 4.27. The highest BCUT2D eigenvalue weighted by molar-refractivity contribution is 5.98. The van der Waals surface area contributed by atoms with Gasteiger partial charge < -0.3 is 15.0 Å². The number of rotatable bonds is 4. The second-order valence-electron chi connectivity index (χ2n) is 6.41. The topological polar surface area (TPSA) is 54.5 Å². The predicted octanol–water partition coefficient (Wildman–Crippen LogP) is 2.16. The maximum absolute atomic E-state index is 12.6. The van der Waals surface area contributed by atoms with Crippen LogP contribution in [0.4, 0.5) is 5.82 Å². The SMILES string of the molecule is CC1(CNc2ncccc2C(=O)N2CCCCC2)COC1. The first kappa shape index (κ1) is 14.3. The van der Waals surface area contributed by atoms with Crippen LogP contribution in [0.5, 0.6) is 0 Å². The Hall–Kier alpha value is -1.62. The molecule has 1 aromatic rings. The molecule has 5 heteroatoms. The average molecular weight is 289 g/mol. The van der Waals surface area contributed by atoms with Gasteiger partial charge in [-0.15, -0.1) is 0 Å². The Labute approximate surface area is 125 Å². The minimum atomic E-state index is 0.0975. The van der Waals surface area contributed by atoms with Gasteiger partial charge in [-0.05, 0) is 31.4 Å². The average Bonchev–Trinajstić information content (AvgIpc) is 2.51. The number of nitrogens with zero attached hydrogens (tertiary/aromatic N) is 2. The molecule has 0 atom stereocenters. The maximum Gasteiger partial charge on any atom is 0.257 e. The van der Waals surface area contributed by atoms with Crippen LogP contribution < -0.4 is 5.32 Å². The lowest BCUT2D eigenvalue weighted by Gasteiger charge is -2.38. The molecular formula is C16H23N3O2. The van der Waals surface area contributed by atoms with Crippen molar-refractivity contribution in [1.29, 1.82) is 0 Å². The summed E-state index contributed by atoms with van der Waals surface area (Å²) in [5.41, 5.74) is 0.839. The second kappa shape index (κ2) is 6.02. The largest absolute Gasteiger partial charge is 0.380 e. The molecular weight excluding hydrogens is 266 g/mol. The van der Waals surface area contributed by atoms with E-state index in [9.17, 15) is 4.79 Å². The Morgan fingerprint density at radius 2 is 2.14 bits per heavy atom. The Morgan fingerprint density at radius 3 is 2.81 bits per heavy atom. The first-order valence-electron chi connectivity index (χ1n) is 7.74. The Bertz CT molecular complexity index is 508. The molecule has 0 bridgehead atoms. The fourth-order valence-electron chi connectivity index (χ4n) is 2.84. The van der Waals surface area contributed by atoms with Crippen LogP contribution in [0.25, 0.3) is 0 Å². The second-order valence-corrected chi connectivity index (χ2v) is 6.41. The van der Waals surface area contributed by atoms with E-state index in [1.165, 1.54) is 6.42 Å². The predicted molar refractivity (Wildman–Crippen MR) is 81.4 cm³/mol. The van der Waals surface area contributed by atoms with Gasteiger partial charge in [-0.3, -0.25) is 4.79 Å². The molecule has 2 aliphatic rings. The smallest absolute Gasteiger partial charge is 0.257 e. The summed E-state index contributed by atoms with van der Waals surface area (Å²) in [6, 6.07) is 3.70. The lowest BCUT2D eigenvalue weighted by atomic mass is 9.89. The molecule has 2 aliphatic heterocycles. The van der Waals surface area contributed by atoms with E-state index in [2.05, 4.69) is 17.2 Å². The van der Waals surface area contributed by atoms with Crippen LogP contribution in [0.15, 0.2) is 18.3 Å². The van der Waals surface area contributed by atoms with E-state index in [-0.39, 0.29) is 11.3 Å². The fourth-order valence-corrected chi connectivity index (χ4v) is 2.84. The fraction of sp³-hybridized carbons (Fsp3) is 0.625. The van der Waals surface area contributed by atoms with Crippen molar-refractivity contribution in [2.24, 2.45) is 5.41 Å². The van der Waals surface area contributed by atoms with Crippen molar-refractivity contribution in [3.05, 3.63) is 23.9 Å². The normalized spacial score (nSPS) is 20.7. The van der Waals surface area contributed by atoms with Crippen molar-refractivity contribution in [1.82, 2.24) is 9.88 Å². The van der Waals surface area contributed by atoms with Gasteiger partial charge in [0.1, 0.15) is 5.82 Å². The van der Waals surface area contributed by atoms with Gasteiger partial charge in [0.25, 0.3) is 5.91 Å². The van der Waals surface area contributed by atoms with E-state index in [0.717, 1.165) is 45.7 Å². The van der Waals surface area contributed by atoms with Crippen LogP contribution in [0.1, 0.15) is 36.5 Å². The zero-order valence-corrected chi connectivity index (χ0v) is 12.6. The number of amides is 1. The standard InChI is InChI=1S/C16H23N3O2/c1-16(11-21-12-16)10-18-14-13(6-5-7-17-14)15(20)19-8-3-2-4-9-19/h5-7H,2-4,8-12H2,1H3,(H,17,18). The van der Waals surface area contributed by atoms with Gasteiger partial charge in [0.05, 0.1) is 18.8 Å². The van der Waals surface area contributed by atoms with Crippen molar-refractivity contribution in [3.63, 3.8) is 0 Å². The molecule has 114 valence electrons. The zero-order valence-electron chi connectivity index (χ0n) is 12.6. The first-order valence-corrected chi connectivity index (χ1v) is 7.74. The lowest BCUT2D eigenvalue weighted by molar-refractivity contribution is -0.0924. The van der Waals surface area contributed by atoms with Gasteiger partial charge in [-0.25, -0.2) is 4.98 Å². The van der Waals surface area contributed by atoms with Gasteiger partial charge in [0.15, 0.2) is 0 Å². The van der Waals surface area contributed by atoms with Crippen LogP contribution in [0, 0.1) is 5.41 Å². The quantitative estimate of drug-likeness (QED) is 0.923. The van der Waals surface area contributed by atoms with Gasteiger partial charge in [-0.1, -0.05) is 6.92 Å². The first-order chi connectivity index (χ1) is 10.2. The van der Waals surface area contributed by atoms with E-state index in [1.54, 1.807) is 6.20 Å². The monoisotopic (exact) mass is 289 g/mol. The van der Waals surface area contributed by atoms with Crippen LogP contribution in [0.3, 0.4) is 0 Å². The van der Waals surface area contributed by atoms with E-state index in [4.69, 9.17) is 4.74 Å². The highest BCUT2D eigenvalue weighted by atomic mass is 16.5. The molecule has 2 saturated heterocycles. The number of carbonyl (C=O) groups is 1. The summed E-state index contributed by atoms with van der Waals surface area (Å²) in [4.78, 5) is 19.0. The molecule has 0 spiro atoms. The van der Waals surface area contributed by atoms with Gasteiger partial charge >= 0.3 is 0 Å². The van der Waals surface area contributed by atoms with Crippen LogP contribution in [-0.2, 0) is 4.74 Å². The van der Waals surface area contributed by atoms with Crippen molar-refractivity contribution in [2.45, 2.75) is 26.2 Å². The van der Waals surface area contributed by atoms with Crippen LogP contribution in [0.2, 0.25) is 0 Å². The number of pyridine rings is 1. The highest BCUT2D eigenvalue weighted by Gasteiger charge is 2.33. The van der Waals surface area contributed by atoms with Crippen molar-refractivity contribution >= 4 is 11.7 Å². The summed E-state index contributed by atoms with van der Waals surface area (Å²) in [5.74, 6) is 0.793. The molecule has 0 radical (unpaired) electrons. The van der Waals surface area contributed by atoms with E-state index >= 15 is 0 Å². The van der Waals surface area contributed by atoms with Crippen molar-refractivity contribution in [2.75, 3.05) is 38.2 Å². The number of likely N-dealkylation sites (tertiary alicyclic amines) is 1. The number of hydrogen-bond donors (Lipinski definition) is 1. The molecule has 1 amide bonds. The molecule has 21 heavy (non-hydrogen) atoms. The van der Waals surface area contributed by atoms with Gasteiger partial charge in [-0.2, -0.15) is 0 Å². The number of piperidine rings is 1. The highest BCUT2D eigenvalue weighted by Crippen LogP contribution is 2.27. The Balaban J connectivity index is 1.70. The third-order valence-corrected chi connectivity index (χ3v) is 4.27. The summed E-state index contributed by atoms with van der Waals surface area (Å²) in [6.07, 6.45) is 5.16. The summed E-state index contributed by atoms with van der Waals surface area (Å²) < 4.78 is 5.26. The lowest BCUT2D eigenvalue weighted by Crippen LogP contribution is -2.45. The molecule has 1 aromatic heterocycles. The number of anilines is 1. The number of carbonyl (C=O) groups excluding carboxylic acids is 1. The summed E-state index contributed by atoms with van der Waals surface area (Å²) in [7, 11) is 0. The number of aromatic nitrogens is 1.